The number of benzene rings is 2. The number of anilines is 1. The molecule has 2 rings (SSSR count). The maximum atomic E-state index is 11.5. The van der Waals surface area contributed by atoms with E-state index in [0.717, 1.165) is 4.47 Å². The summed E-state index contributed by atoms with van der Waals surface area (Å²) in [5, 5.41) is 13.1. The Kier molecular flexibility index (Phi) is 4.91. The number of nitrogens with one attached hydrogen (secondary N) is 1. The molecule has 20 heavy (non-hydrogen) atoms. The smallest absolute Gasteiger partial charge is 0.330 e. The van der Waals surface area contributed by atoms with Gasteiger partial charge in [0.05, 0.1) is 10.7 Å². The molecule has 0 aliphatic heterocycles. The normalized spacial score (nSPS) is 11.9. The van der Waals surface area contributed by atoms with Crippen molar-refractivity contribution in [3.63, 3.8) is 0 Å². The zero-order chi connectivity index (χ0) is 14.7. The SMILES string of the molecule is O=C(O)C(Nc1ccccc1Cl)c1cc(Br)ccc1Cl. The van der Waals surface area contributed by atoms with Gasteiger partial charge in [0.2, 0.25) is 0 Å². The van der Waals surface area contributed by atoms with Crippen LogP contribution in [-0.4, -0.2) is 11.1 Å². The van der Waals surface area contributed by atoms with Gasteiger partial charge in [-0.2, -0.15) is 0 Å². The van der Waals surface area contributed by atoms with E-state index in [-0.39, 0.29) is 0 Å². The van der Waals surface area contributed by atoms with E-state index in [9.17, 15) is 9.90 Å². The Balaban J connectivity index is 2.40. The summed E-state index contributed by atoms with van der Waals surface area (Å²) in [5.41, 5.74) is 1.01. The molecular formula is C14H10BrCl2NO2. The third kappa shape index (κ3) is 3.45. The molecule has 2 N–H and O–H groups in total. The predicted molar refractivity (Wildman–Crippen MR) is 84.6 cm³/mol. The lowest BCUT2D eigenvalue weighted by Gasteiger charge is -2.18. The van der Waals surface area contributed by atoms with E-state index in [1.165, 1.54) is 0 Å². The van der Waals surface area contributed by atoms with E-state index in [1.807, 2.05) is 0 Å². The van der Waals surface area contributed by atoms with Gasteiger partial charge in [-0.25, -0.2) is 4.79 Å². The third-order valence-electron chi connectivity index (χ3n) is 2.69. The summed E-state index contributed by atoms with van der Waals surface area (Å²) in [4.78, 5) is 11.5. The Bertz CT molecular complexity index is 649. The van der Waals surface area contributed by atoms with Crippen molar-refractivity contribution in [3.05, 3.63) is 62.5 Å². The maximum absolute atomic E-state index is 11.5. The number of para-hydroxylation sites is 1. The van der Waals surface area contributed by atoms with E-state index >= 15 is 0 Å². The quantitative estimate of drug-likeness (QED) is 0.792. The first kappa shape index (κ1) is 15.2. The number of aliphatic carboxylic acids is 1. The number of rotatable bonds is 4. The monoisotopic (exact) mass is 373 g/mol. The molecule has 0 heterocycles. The molecule has 0 aliphatic rings. The Morgan fingerprint density at radius 2 is 1.85 bits per heavy atom. The summed E-state index contributed by atoms with van der Waals surface area (Å²) in [7, 11) is 0. The van der Waals surface area contributed by atoms with Crippen LogP contribution in [0.25, 0.3) is 0 Å². The van der Waals surface area contributed by atoms with Gasteiger partial charge >= 0.3 is 5.97 Å². The van der Waals surface area contributed by atoms with Crippen LogP contribution >= 0.6 is 39.1 Å². The average Bonchev–Trinajstić information content (AvgIpc) is 2.40. The minimum absolute atomic E-state index is 0.375. The molecule has 104 valence electrons. The van der Waals surface area contributed by atoms with Crippen LogP contribution in [0.15, 0.2) is 46.9 Å². The van der Waals surface area contributed by atoms with Crippen molar-refractivity contribution in [2.75, 3.05) is 5.32 Å². The molecule has 1 atom stereocenters. The fourth-order valence-electron chi connectivity index (χ4n) is 1.74. The van der Waals surface area contributed by atoms with Crippen LogP contribution in [-0.2, 0) is 4.79 Å². The Labute approximate surface area is 134 Å². The van der Waals surface area contributed by atoms with Crippen LogP contribution in [0.4, 0.5) is 5.69 Å². The second kappa shape index (κ2) is 6.48. The molecule has 0 aliphatic carbocycles. The molecule has 0 spiro atoms. The van der Waals surface area contributed by atoms with Crippen LogP contribution in [0.5, 0.6) is 0 Å². The lowest BCUT2D eigenvalue weighted by atomic mass is 10.1. The van der Waals surface area contributed by atoms with Crippen LogP contribution < -0.4 is 5.32 Å². The van der Waals surface area contributed by atoms with E-state index in [1.54, 1.807) is 42.5 Å². The lowest BCUT2D eigenvalue weighted by molar-refractivity contribution is -0.138. The van der Waals surface area contributed by atoms with Crippen molar-refractivity contribution in [2.45, 2.75) is 6.04 Å². The van der Waals surface area contributed by atoms with Crippen molar-refractivity contribution in [1.29, 1.82) is 0 Å². The number of carboxylic acid groups (broad SMARTS) is 1. The van der Waals surface area contributed by atoms with Crippen molar-refractivity contribution in [3.8, 4) is 0 Å². The summed E-state index contributed by atoms with van der Waals surface area (Å²) >= 11 is 15.4. The highest BCUT2D eigenvalue weighted by atomic mass is 79.9. The Morgan fingerprint density at radius 1 is 1.15 bits per heavy atom. The first-order valence-corrected chi connectivity index (χ1v) is 7.23. The second-order valence-electron chi connectivity index (χ2n) is 4.06. The van der Waals surface area contributed by atoms with Gasteiger partial charge in [0.15, 0.2) is 6.04 Å². The molecule has 0 amide bonds. The number of halogens is 3. The standard InChI is InChI=1S/C14H10BrCl2NO2/c15-8-5-6-10(16)9(7-8)13(14(19)20)18-12-4-2-1-3-11(12)17/h1-7,13,18H,(H,19,20). The molecule has 0 aromatic heterocycles. The minimum atomic E-state index is -1.04. The summed E-state index contributed by atoms with van der Waals surface area (Å²) in [6, 6.07) is 11.0. The van der Waals surface area contributed by atoms with Crippen LogP contribution in [0.3, 0.4) is 0 Å². The number of carboxylic acids is 1. The van der Waals surface area contributed by atoms with Crippen LogP contribution in [0.2, 0.25) is 10.0 Å². The van der Waals surface area contributed by atoms with Gasteiger partial charge in [0.1, 0.15) is 0 Å². The zero-order valence-electron chi connectivity index (χ0n) is 10.1. The predicted octanol–water partition coefficient (Wildman–Crippen LogP) is 4.99. The summed E-state index contributed by atoms with van der Waals surface area (Å²) in [6.07, 6.45) is 0. The molecule has 2 aromatic carbocycles. The summed E-state index contributed by atoms with van der Waals surface area (Å²) in [5.74, 6) is -1.04. The molecule has 2 aromatic rings. The van der Waals surface area contributed by atoms with Crippen LogP contribution in [0.1, 0.15) is 11.6 Å². The van der Waals surface area contributed by atoms with Crippen LogP contribution in [0, 0.1) is 0 Å². The van der Waals surface area contributed by atoms with Gasteiger partial charge in [0, 0.05) is 15.1 Å². The number of hydrogen-bond donors (Lipinski definition) is 2. The van der Waals surface area contributed by atoms with E-state index in [0.29, 0.717) is 21.3 Å². The minimum Gasteiger partial charge on any atom is -0.479 e. The first-order chi connectivity index (χ1) is 9.49. The molecular weight excluding hydrogens is 365 g/mol. The van der Waals surface area contributed by atoms with E-state index < -0.39 is 12.0 Å². The molecule has 6 heteroatoms. The summed E-state index contributed by atoms with van der Waals surface area (Å²) < 4.78 is 0.754. The highest BCUT2D eigenvalue weighted by molar-refractivity contribution is 9.10. The molecule has 0 radical (unpaired) electrons. The highest BCUT2D eigenvalue weighted by Gasteiger charge is 2.23. The average molecular weight is 375 g/mol. The first-order valence-electron chi connectivity index (χ1n) is 5.68. The van der Waals surface area contributed by atoms with Gasteiger partial charge in [-0.15, -0.1) is 0 Å². The fourth-order valence-corrected chi connectivity index (χ4v) is 2.54. The van der Waals surface area contributed by atoms with Gasteiger partial charge in [0.25, 0.3) is 0 Å². The molecule has 0 saturated carbocycles. The van der Waals surface area contributed by atoms with Gasteiger partial charge < -0.3 is 10.4 Å². The van der Waals surface area contributed by atoms with Gasteiger partial charge in [-0.1, -0.05) is 51.3 Å². The largest absolute Gasteiger partial charge is 0.479 e. The van der Waals surface area contributed by atoms with Gasteiger partial charge in [-0.05, 0) is 30.3 Å². The van der Waals surface area contributed by atoms with Crippen molar-refractivity contribution in [1.82, 2.24) is 0 Å². The summed E-state index contributed by atoms with van der Waals surface area (Å²) in [6.45, 7) is 0. The third-order valence-corrected chi connectivity index (χ3v) is 3.86. The highest BCUT2D eigenvalue weighted by Crippen LogP contribution is 2.31. The van der Waals surface area contributed by atoms with E-state index in [2.05, 4.69) is 21.2 Å². The topological polar surface area (TPSA) is 49.3 Å². The fraction of sp³-hybridized carbons (Fsp3) is 0.0714. The molecule has 0 saturated heterocycles. The molecule has 1 unspecified atom stereocenters. The van der Waals surface area contributed by atoms with Crippen molar-refractivity contribution < 1.29 is 9.90 Å². The zero-order valence-corrected chi connectivity index (χ0v) is 13.2. The second-order valence-corrected chi connectivity index (χ2v) is 5.79. The van der Waals surface area contributed by atoms with Crippen molar-refractivity contribution >= 4 is 50.8 Å². The molecule has 0 fully saturated rings. The Hall–Kier alpha value is -1.23. The van der Waals surface area contributed by atoms with Crippen molar-refractivity contribution in [2.24, 2.45) is 0 Å². The number of carbonyl (C=O) groups is 1. The number of hydrogen-bond acceptors (Lipinski definition) is 2. The lowest BCUT2D eigenvalue weighted by Crippen LogP contribution is -2.21. The molecule has 3 nitrogen and oxygen atoms in total. The van der Waals surface area contributed by atoms with E-state index in [4.69, 9.17) is 23.2 Å². The molecule has 0 bridgehead atoms. The maximum Gasteiger partial charge on any atom is 0.330 e. The Morgan fingerprint density at radius 3 is 2.50 bits per heavy atom. The van der Waals surface area contributed by atoms with Gasteiger partial charge in [-0.3, -0.25) is 0 Å².